The van der Waals surface area contributed by atoms with E-state index in [-0.39, 0.29) is 0 Å². The zero-order valence-electron chi connectivity index (χ0n) is 18.3. The van der Waals surface area contributed by atoms with Gasteiger partial charge in [0.1, 0.15) is 6.33 Å². The van der Waals surface area contributed by atoms with Gasteiger partial charge in [-0.05, 0) is 58.5 Å². The van der Waals surface area contributed by atoms with Crippen molar-refractivity contribution in [3.63, 3.8) is 0 Å². The van der Waals surface area contributed by atoms with E-state index in [1.807, 2.05) is 42.7 Å². The van der Waals surface area contributed by atoms with Crippen molar-refractivity contribution in [3.8, 4) is 6.19 Å². The number of hydrogen-bond acceptors (Lipinski definition) is 6. The summed E-state index contributed by atoms with van der Waals surface area (Å²) >= 11 is 0. The van der Waals surface area contributed by atoms with Crippen molar-refractivity contribution in [1.82, 2.24) is 30.5 Å². The third-order valence-corrected chi connectivity index (χ3v) is 4.58. The normalized spacial score (nSPS) is 11.9. The molecule has 0 aliphatic carbocycles. The molecule has 3 rings (SSSR count). The lowest BCUT2D eigenvalue weighted by molar-refractivity contribution is 0.563. The average Bonchev–Trinajstić information content (AvgIpc) is 3.32. The number of tetrazole rings is 1. The number of aliphatic imine (C=N–C) groups is 1. The fraction of sp³-hybridized carbons (Fsp3) is 0.304. The number of unbranched alkanes of at least 4 members (excludes halogenated alkanes) is 1. The monoisotopic (exact) mass is 429 g/mol. The second-order valence-corrected chi connectivity index (χ2v) is 7.62. The molecule has 0 unspecified atom stereocenters. The van der Waals surface area contributed by atoms with Gasteiger partial charge in [0.05, 0.1) is 0 Å². The maximum absolute atomic E-state index is 9.01. The molecule has 0 fully saturated rings. The molecule has 0 saturated heterocycles. The van der Waals surface area contributed by atoms with E-state index in [2.05, 4.69) is 62.1 Å². The number of rotatable bonds is 9. The van der Waals surface area contributed by atoms with Crippen LogP contribution in [0, 0.1) is 17.4 Å². The molecule has 0 aliphatic heterocycles. The van der Waals surface area contributed by atoms with Gasteiger partial charge in [-0.25, -0.2) is 4.68 Å². The molecule has 164 valence electrons. The topological polar surface area (TPSA) is 117 Å². The Balaban J connectivity index is 1.79. The highest BCUT2D eigenvalue weighted by atomic mass is 15.5. The van der Waals surface area contributed by atoms with E-state index in [1.54, 1.807) is 17.2 Å². The van der Waals surface area contributed by atoms with Gasteiger partial charge in [0.25, 0.3) is 0 Å². The molecular weight excluding hydrogens is 402 g/mol. The summed E-state index contributed by atoms with van der Waals surface area (Å²) in [6, 6.07) is 12.0. The minimum Gasteiger partial charge on any atom is -0.355 e. The molecule has 0 aliphatic rings. The Kier molecular flexibility index (Phi) is 8.45. The number of nitrogens with one attached hydrogen (secondary N) is 2. The zero-order chi connectivity index (χ0) is 22.6. The standard InChI is InChI=1S/C23H27N9/c1-18(2)14-26-23(27-16-24)29-21-9-5-7-19(13-21)22(20-8-6-11-25-15-20)10-3-4-12-32-17-28-30-31-32/h5-11,13,15,17-18H,3-4,12,14H2,1-2H3,(H2,26,27,29)/b22-10+. The molecule has 3 aromatic rings. The van der Waals surface area contributed by atoms with Crippen molar-refractivity contribution >= 4 is 17.2 Å². The molecule has 0 bridgehead atoms. The lowest BCUT2D eigenvalue weighted by Gasteiger charge is -2.14. The van der Waals surface area contributed by atoms with Gasteiger partial charge >= 0.3 is 0 Å². The number of hydrogen-bond donors (Lipinski definition) is 2. The molecule has 0 spiro atoms. The quantitative estimate of drug-likeness (QED) is 0.231. The van der Waals surface area contributed by atoms with Crippen LogP contribution in [0.15, 0.2) is 66.2 Å². The number of nitriles is 1. The smallest absolute Gasteiger partial charge is 0.211 e. The van der Waals surface area contributed by atoms with Crippen LogP contribution in [-0.4, -0.2) is 37.7 Å². The Morgan fingerprint density at radius 3 is 2.84 bits per heavy atom. The highest BCUT2D eigenvalue weighted by Gasteiger charge is 2.08. The molecule has 9 nitrogen and oxygen atoms in total. The fourth-order valence-electron chi connectivity index (χ4n) is 3.07. The van der Waals surface area contributed by atoms with Gasteiger partial charge < -0.3 is 10.6 Å². The van der Waals surface area contributed by atoms with Crippen LogP contribution >= 0.6 is 0 Å². The maximum atomic E-state index is 9.01. The van der Waals surface area contributed by atoms with Crippen molar-refractivity contribution in [2.45, 2.75) is 33.2 Å². The summed E-state index contributed by atoms with van der Waals surface area (Å²) in [5.74, 6) is 0.868. The first-order chi connectivity index (χ1) is 15.7. The van der Waals surface area contributed by atoms with Gasteiger partial charge in [0, 0.05) is 36.7 Å². The average molecular weight is 430 g/mol. The van der Waals surface area contributed by atoms with E-state index in [1.165, 1.54) is 0 Å². The predicted molar refractivity (Wildman–Crippen MR) is 124 cm³/mol. The molecule has 2 N–H and O–H groups in total. The predicted octanol–water partition coefficient (Wildman–Crippen LogP) is 3.47. The van der Waals surface area contributed by atoms with Crippen molar-refractivity contribution in [2.24, 2.45) is 10.9 Å². The summed E-state index contributed by atoms with van der Waals surface area (Å²) in [6.07, 6.45) is 11.1. The summed E-state index contributed by atoms with van der Waals surface area (Å²) in [7, 11) is 0. The molecule has 0 radical (unpaired) electrons. The highest BCUT2D eigenvalue weighted by molar-refractivity contribution is 5.95. The van der Waals surface area contributed by atoms with Crippen LogP contribution in [0.5, 0.6) is 0 Å². The molecule has 32 heavy (non-hydrogen) atoms. The number of allylic oxidation sites excluding steroid dienone is 1. The van der Waals surface area contributed by atoms with E-state index >= 15 is 0 Å². The summed E-state index contributed by atoms with van der Waals surface area (Å²) in [4.78, 5) is 8.15. The SMILES string of the molecule is CC(C)CNC(=NC#N)Nc1cccc(/C(=C\CCCn2cnnn2)c2cccnc2)c1. The van der Waals surface area contributed by atoms with Gasteiger partial charge in [-0.1, -0.05) is 38.1 Å². The second kappa shape index (κ2) is 12.0. The largest absolute Gasteiger partial charge is 0.355 e. The van der Waals surface area contributed by atoms with Crippen LogP contribution in [0.2, 0.25) is 0 Å². The van der Waals surface area contributed by atoms with Crippen LogP contribution in [0.25, 0.3) is 5.57 Å². The third kappa shape index (κ3) is 7.02. The summed E-state index contributed by atoms with van der Waals surface area (Å²) in [5.41, 5.74) is 4.02. The summed E-state index contributed by atoms with van der Waals surface area (Å²) in [6.45, 7) is 5.67. The minimum atomic E-state index is 0.431. The molecule has 9 heteroatoms. The van der Waals surface area contributed by atoms with Gasteiger partial charge in [-0.3, -0.25) is 4.98 Å². The zero-order valence-corrected chi connectivity index (χ0v) is 18.3. The summed E-state index contributed by atoms with van der Waals surface area (Å²) < 4.78 is 1.72. The van der Waals surface area contributed by atoms with Gasteiger partial charge in [-0.2, -0.15) is 5.26 Å². The molecule has 1 aromatic carbocycles. The first-order valence-corrected chi connectivity index (χ1v) is 10.5. The van der Waals surface area contributed by atoms with Gasteiger partial charge in [0.2, 0.25) is 12.2 Å². The molecule has 0 amide bonds. The number of nitrogens with zero attached hydrogens (tertiary/aromatic N) is 7. The van der Waals surface area contributed by atoms with Gasteiger partial charge in [-0.15, -0.1) is 10.1 Å². The Hall–Kier alpha value is -4.06. The van der Waals surface area contributed by atoms with Gasteiger partial charge in [0.15, 0.2) is 0 Å². The molecule has 2 heterocycles. The van der Waals surface area contributed by atoms with E-state index < -0.39 is 0 Å². The Morgan fingerprint density at radius 2 is 2.12 bits per heavy atom. The van der Waals surface area contributed by atoms with Crippen molar-refractivity contribution in [2.75, 3.05) is 11.9 Å². The molecule has 0 atom stereocenters. The van der Waals surface area contributed by atoms with E-state index in [9.17, 15) is 0 Å². The minimum absolute atomic E-state index is 0.431. The second-order valence-electron chi connectivity index (χ2n) is 7.62. The number of pyridine rings is 1. The number of benzene rings is 1. The first kappa shape index (κ1) is 22.6. The summed E-state index contributed by atoms with van der Waals surface area (Å²) in [5, 5.41) is 26.6. The molecule has 0 saturated carbocycles. The Labute approximate surface area is 187 Å². The van der Waals surface area contributed by atoms with Crippen LogP contribution in [0.3, 0.4) is 0 Å². The Morgan fingerprint density at radius 1 is 1.25 bits per heavy atom. The fourth-order valence-corrected chi connectivity index (χ4v) is 3.07. The van der Waals surface area contributed by atoms with Crippen molar-refractivity contribution < 1.29 is 0 Å². The van der Waals surface area contributed by atoms with E-state index in [0.29, 0.717) is 11.9 Å². The van der Waals surface area contributed by atoms with Crippen LogP contribution in [-0.2, 0) is 6.54 Å². The lowest BCUT2D eigenvalue weighted by Crippen LogP contribution is -2.33. The lowest BCUT2D eigenvalue weighted by atomic mass is 9.97. The molecular formula is C23H27N9. The Bertz CT molecular complexity index is 1060. The highest BCUT2D eigenvalue weighted by Crippen LogP contribution is 2.26. The van der Waals surface area contributed by atoms with E-state index in [4.69, 9.17) is 5.26 Å². The van der Waals surface area contributed by atoms with Crippen LogP contribution in [0.1, 0.15) is 37.8 Å². The first-order valence-electron chi connectivity index (χ1n) is 10.5. The number of aryl methyl sites for hydroxylation is 1. The van der Waals surface area contributed by atoms with Crippen LogP contribution in [0.4, 0.5) is 5.69 Å². The van der Waals surface area contributed by atoms with Crippen LogP contribution < -0.4 is 10.6 Å². The third-order valence-electron chi connectivity index (χ3n) is 4.58. The number of anilines is 1. The number of guanidine groups is 1. The number of aromatic nitrogens is 5. The van der Waals surface area contributed by atoms with E-state index in [0.717, 1.165) is 48.3 Å². The maximum Gasteiger partial charge on any atom is 0.211 e. The van der Waals surface area contributed by atoms with Crippen molar-refractivity contribution in [1.29, 1.82) is 5.26 Å². The molecule has 2 aromatic heterocycles. The van der Waals surface area contributed by atoms with Crippen molar-refractivity contribution in [3.05, 3.63) is 72.3 Å².